The minimum absolute atomic E-state index is 0.0221. The zero-order valence-corrected chi connectivity index (χ0v) is 23.6. The molecule has 3 nitrogen and oxygen atoms in total. The van der Waals surface area contributed by atoms with Crippen LogP contribution in [-0.2, 0) is 14.3 Å². The molecule has 3 heteroatoms. The molecule has 0 amide bonds. The van der Waals surface area contributed by atoms with E-state index in [0.717, 1.165) is 25.7 Å². The van der Waals surface area contributed by atoms with E-state index >= 15 is 0 Å². The summed E-state index contributed by atoms with van der Waals surface area (Å²) in [5, 5.41) is 0. The predicted molar refractivity (Wildman–Crippen MR) is 141 cm³/mol. The van der Waals surface area contributed by atoms with E-state index in [1.807, 2.05) is 6.08 Å². The van der Waals surface area contributed by atoms with Gasteiger partial charge in [-0.25, -0.2) is 0 Å². The Kier molecular flexibility index (Phi) is 5.47. The van der Waals surface area contributed by atoms with Gasteiger partial charge in [-0.2, -0.15) is 0 Å². The van der Waals surface area contributed by atoms with Crippen molar-refractivity contribution < 1.29 is 14.3 Å². The molecule has 0 saturated heterocycles. The molecule has 5 rings (SSSR count). The Morgan fingerprint density at radius 3 is 2.34 bits per heavy atom. The quantitative estimate of drug-likeness (QED) is 0.300. The van der Waals surface area contributed by atoms with Gasteiger partial charge in [0, 0.05) is 5.41 Å². The van der Waals surface area contributed by atoms with Crippen LogP contribution in [0.3, 0.4) is 0 Å². The molecule has 0 aliphatic heterocycles. The van der Waals surface area contributed by atoms with Crippen molar-refractivity contribution in [2.75, 3.05) is 7.11 Å². The van der Waals surface area contributed by atoms with Crippen molar-refractivity contribution in [3.8, 4) is 0 Å². The second-order valence-corrected chi connectivity index (χ2v) is 15.0. The molecule has 5 aliphatic rings. The average molecular weight is 481 g/mol. The maximum atomic E-state index is 12.9. The predicted octanol–water partition coefficient (Wildman–Crippen LogP) is 7.70. The first-order valence-corrected chi connectivity index (χ1v) is 14.2. The molecule has 8 atom stereocenters. The summed E-state index contributed by atoms with van der Waals surface area (Å²) in [4.78, 5) is 25.2. The van der Waals surface area contributed by atoms with Crippen molar-refractivity contribution in [1.29, 1.82) is 0 Å². The van der Waals surface area contributed by atoms with Crippen molar-refractivity contribution in [3.05, 3.63) is 23.8 Å². The zero-order valence-electron chi connectivity index (χ0n) is 23.6. The third kappa shape index (κ3) is 3.28. The highest BCUT2D eigenvalue weighted by molar-refractivity contribution is 5.95. The summed E-state index contributed by atoms with van der Waals surface area (Å²) in [6, 6.07) is 0. The van der Waals surface area contributed by atoms with Gasteiger partial charge in [0.15, 0.2) is 5.78 Å². The van der Waals surface area contributed by atoms with Crippen LogP contribution in [0.4, 0.5) is 0 Å². The largest absolute Gasteiger partial charge is 0.469 e. The van der Waals surface area contributed by atoms with Crippen molar-refractivity contribution in [3.63, 3.8) is 0 Å². The Morgan fingerprint density at radius 2 is 1.66 bits per heavy atom. The van der Waals surface area contributed by atoms with Crippen LogP contribution in [0.15, 0.2) is 23.8 Å². The number of carbonyl (C=O) groups is 2. The van der Waals surface area contributed by atoms with Gasteiger partial charge < -0.3 is 4.74 Å². The van der Waals surface area contributed by atoms with Crippen LogP contribution in [0, 0.1) is 50.2 Å². The highest BCUT2D eigenvalue weighted by Gasteiger charge is 2.67. The molecular formula is C32H48O3. The van der Waals surface area contributed by atoms with E-state index in [-0.39, 0.29) is 33.0 Å². The van der Waals surface area contributed by atoms with Gasteiger partial charge in [-0.05, 0) is 102 Å². The van der Waals surface area contributed by atoms with Gasteiger partial charge in [-0.3, -0.25) is 9.59 Å². The topological polar surface area (TPSA) is 43.4 Å². The molecule has 35 heavy (non-hydrogen) atoms. The number of rotatable bonds is 2. The maximum Gasteiger partial charge on any atom is 0.306 e. The lowest BCUT2D eigenvalue weighted by Gasteiger charge is -2.70. The lowest BCUT2D eigenvalue weighted by atomic mass is 9.34. The Labute approximate surface area is 213 Å². The normalized spacial score (nSPS) is 50.2. The first-order valence-electron chi connectivity index (χ1n) is 14.2. The van der Waals surface area contributed by atoms with Crippen LogP contribution in [0.5, 0.6) is 0 Å². The average Bonchev–Trinajstić information content (AvgIpc) is 2.78. The van der Waals surface area contributed by atoms with Gasteiger partial charge in [-0.15, -0.1) is 0 Å². The summed E-state index contributed by atoms with van der Waals surface area (Å²) >= 11 is 0. The fourth-order valence-electron chi connectivity index (χ4n) is 10.3. The smallest absolute Gasteiger partial charge is 0.306 e. The molecule has 0 bridgehead atoms. The summed E-state index contributed by atoms with van der Waals surface area (Å²) in [6.45, 7) is 16.9. The number of ketones is 1. The van der Waals surface area contributed by atoms with Gasteiger partial charge in [0.25, 0.3) is 0 Å². The van der Waals surface area contributed by atoms with Gasteiger partial charge in [-0.1, -0.05) is 66.2 Å². The molecule has 0 heterocycles. The SMILES string of the molecule is COC(=O)C[C@@]1(C)CC[C@]2(C)CC[C@]3(C)C(=CCC4[C@@]5(C)C=CC(=O)C(C)(C)[C@@H]5CC[C@]43C)C2C1. The van der Waals surface area contributed by atoms with Crippen LogP contribution in [0.1, 0.15) is 106 Å². The van der Waals surface area contributed by atoms with Crippen molar-refractivity contribution in [1.82, 2.24) is 0 Å². The number of carbonyl (C=O) groups excluding carboxylic acids is 2. The minimum atomic E-state index is -0.278. The summed E-state index contributed by atoms with van der Waals surface area (Å²) in [6.07, 6.45) is 16.8. The van der Waals surface area contributed by atoms with Crippen molar-refractivity contribution >= 4 is 11.8 Å². The van der Waals surface area contributed by atoms with E-state index in [4.69, 9.17) is 4.74 Å². The Morgan fingerprint density at radius 1 is 0.971 bits per heavy atom. The second kappa shape index (κ2) is 7.57. The molecule has 0 N–H and O–H groups in total. The van der Waals surface area contributed by atoms with Crippen molar-refractivity contribution in [2.24, 2.45) is 50.2 Å². The van der Waals surface area contributed by atoms with Crippen LogP contribution in [0.25, 0.3) is 0 Å². The maximum absolute atomic E-state index is 12.9. The van der Waals surface area contributed by atoms with E-state index in [0.29, 0.717) is 35.4 Å². The first-order chi connectivity index (χ1) is 16.2. The number of methoxy groups -OCH3 is 1. The highest BCUT2D eigenvalue weighted by Crippen LogP contribution is 2.74. The van der Waals surface area contributed by atoms with Crippen LogP contribution in [-0.4, -0.2) is 18.9 Å². The molecule has 0 aromatic carbocycles. The van der Waals surface area contributed by atoms with Gasteiger partial charge >= 0.3 is 5.97 Å². The van der Waals surface area contributed by atoms with Gasteiger partial charge in [0.05, 0.1) is 13.5 Å². The van der Waals surface area contributed by atoms with E-state index in [1.54, 1.807) is 5.57 Å². The van der Waals surface area contributed by atoms with Crippen LogP contribution < -0.4 is 0 Å². The molecule has 3 fully saturated rings. The van der Waals surface area contributed by atoms with Crippen LogP contribution >= 0.6 is 0 Å². The van der Waals surface area contributed by atoms with Crippen LogP contribution in [0.2, 0.25) is 0 Å². The molecule has 0 aromatic rings. The van der Waals surface area contributed by atoms with Gasteiger partial charge in [0.2, 0.25) is 0 Å². The van der Waals surface area contributed by atoms with Crippen molar-refractivity contribution in [2.45, 2.75) is 106 Å². The number of fused-ring (bicyclic) bond motifs is 7. The Hall–Kier alpha value is -1.38. The molecule has 0 radical (unpaired) electrons. The van der Waals surface area contributed by atoms with E-state index in [1.165, 1.54) is 32.8 Å². The van der Waals surface area contributed by atoms with Gasteiger partial charge in [0.1, 0.15) is 0 Å². The summed E-state index contributed by atoms with van der Waals surface area (Å²) in [7, 11) is 1.52. The second-order valence-electron chi connectivity index (χ2n) is 15.0. The number of allylic oxidation sites excluding steroid dienone is 4. The fraction of sp³-hybridized carbons (Fsp3) is 0.812. The summed E-state index contributed by atoms with van der Waals surface area (Å²) in [5.74, 6) is 1.76. The molecule has 3 saturated carbocycles. The number of hydrogen-bond acceptors (Lipinski definition) is 3. The lowest BCUT2D eigenvalue weighted by molar-refractivity contribution is -0.160. The minimum Gasteiger partial charge on any atom is -0.469 e. The van der Waals surface area contributed by atoms with E-state index < -0.39 is 0 Å². The zero-order chi connectivity index (χ0) is 25.7. The molecule has 2 unspecified atom stereocenters. The highest BCUT2D eigenvalue weighted by atomic mass is 16.5. The fourth-order valence-corrected chi connectivity index (χ4v) is 10.3. The van der Waals surface area contributed by atoms with E-state index in [9.17, 15) is 9.59 Å². The molecular weight excluding hydrogens is 432 g/mol. The lowest BCUT2D eigenvalue weighted by Crippen LogP contribution is -2.63. The number of hydrogen-bond donors (Lipinski definition) is 0. The molecule has 0 aromatic heterocycles. The standard InChI is InChI=1S/C32H48O3/c1-27(2)23-11-14-32(7)24(30(23,5)13-12-25(27)33)10-9-21-22-19-28(3,20-26(34)35-8)15-16-29(22,4)17-18-31(21,32)6/h9,12-13,22-24H,10-11,14-20H2,1-8H3/t22?,23-,24?,28-,29+,30-,31+,32+/m0/s1. The monoisotopic (exact) mass is 480 g/mol. The number of esters is 1. The summed E-state index contributed by atoms with van der Waals surface area (Å²) < 4.78 is 5.09. The Balaban J connectivity index is 1.55. The molecule has 0 spiro atoms. The van der Waals surface area contributed by atoms with E-state index in [2.05, 4.69) is 60.6 Å². The first kappa shape index (κ1) is 25.3. The number of ether oxygens (including phenoxy) is 1. The Bertz CT molecular complexity index is 1000. The molecule has 194 valence electrons. The third-order valence-corrected chi connectivity index (χ3v) is 13.0. The third-order valence-electron chi connectivity index (χ3n) is 13.0. The summed E-state index contributed by atoms with van der Waals surface area (Å²) in [5.41, 5.74) is 2.25. The molecule has 5 aliphatic carbocycles.